The van der Waals surface area contributed by atoms with E-state index in [1.165, 1.54) is 55.6 Å². The van der Waals surface area contributed by atoms with Crippen LogP contribution in [0.4, 0.5) is 17.1 Å². The molecule has 0 heterocycles. The zero-order valence-corrected chi connectivity index (χ0v) is 29.5. The SMILES string of the molecule is Brc1ccccc1C1(c2cccc(N(c3ccc(-c4ccccc4)cc3)c3ccc(-c4ccccc4)cc3)c2)c2ccccc2-c2ccccc21. The average Bonchev–Trinajstić information content (AvgIpc) is 3.50. The summed E-state index contributed by atoms with van der Waals surface area (Å²) in [5, 5.41) is 0. The molecule has 0 N–H and O–H groups in total. The molecule has 51 heavy (non-hydrogen) atoms. The topological polar surface area (TPSA) is 3.24 Å². The fraction of sp³-hybridized carbons (Fsp3) is 0.0204. The summed E-state index contributed by atoms with van der Waals surface area (Å²) in [5.74, 6) is 0. The maximum absolute atomic E-state index is 4.00. The first-order valence-corrected chi connectivity index (χ1v) is 18.2. The van der Waals surface area contributed by atoms with E-state index in [-0.39, 0.29) is 0 Å². The van der Waals surface area contributed by atoms with E-state index >= 15 is 0 Å². The largest absolute Gasteiger partial charge is 0.310 e. The Labute approximate surface area is 308 Å². The smallest absolute Gasteiger partial charge is 0.0725 e. The first kappa shape index (κ1) is 31.1. The van der Waals surface area contributed by atoms with E-state index < -0.39 is 5.41 Å². The number of rotatable bonds is 7. The van der Waals surface area contributed by atoms with Crippen LogP contribution >= 0.6 is 15.9 Å². The Morgan fingerprint density at radius 2 is 0.765 bits per heavy atom. The molecular weight excluding hydrogens is 682 g/mol. The minimum absolute atomic E-state index is 0.525. The highest BCUT2D eigenvalue weighted by Gasteiger charge is 2.47. The first-order chi connectivity index (χ1) is 25.2. The van der Waals surface area contributed by atoms with Gasteiger partial charge in [0.25, 0.3) is 0 Å². The minimum Gasteiger partial charge on any atom is -0.310 e. The Morgan fingerprint density at radius 3 is 1.27 bits per heavy atom. The van der Waals surface area contributed by atoms with Gasteiger partial charge in [-0.25, -0.2) is 0 Å². The van der Waals surface area contributed by atoms with Gasteiger partial charge in [-0.1, -0.05) is 180 Å². The van der Waals surface area contributed by atoms with Crippen LogP contribution in [0.1, 0.15) is 22.3 Å². The van der Waals surface area contributed by atoms with Gasteiger partial charge in [0, 0.05) is 21.5 Å². The molecular formula is C49H34BrN. The molecule has 8 aromatic rings. The van der Waals surface area contributed by atoms with E-state index in [4.69, 9.17) is 0 Å². The van der Waals surface area contributed by atoms with Crippen LogP contribution in [0.15, 0.2) is 211 Å². The Bertz CT molecular complexity index is 2340. The maximum atomic E-state index is 4.00. The number of nitrogens with zero attached hydrogens (tertiary/aromatic N) is 1. The van der Waals surface area contributed by atoms with Crippen molar-refractivity contribution in [3.8, 4) is 33.4 Å². The Balaban J connectivity index is 1.25. The molecule has 9 rings (SSSR count). The monoisotopic (exact) mass is 715 g/mol. The zero-order chi connectivity index (χ0) is 34.2. The fourth-order valence-corrected chi connectivity index (χ4v) is 8.53. The van der Waals surface area contributed by atoms with Crippen molar-refractivity contribution in [1.82, 2.24) is 0 Å². The summed E-state index contributed by atoms with van der Waals surface area (Å²) in [6.45, 7) is 0. The summed E-state index contributed by atoms with van der Waals surface area (Å²) in [4.78, 5) is 2.38. The van der Waals surface area contributed by atoms with Crippen LogP contribution in [0.25, 0.3) is 33.4 Å². The molecule has 0 fully saturated rings. The molecule has 0 amide bonds. The third kappa shape index (κ3) is 5.31. The standard InChI is InChI=1S/C49H34BrN/c50-48-25-12-11-24-47(48)49(45-22-9-7-20-43(45)44-21-8-10-23-46(44)49)39-18-13-19-42(34-39)51(40-30-26-37(27-31-40)35-14-3-1-4-15-35)41-32-28-38(29-33-41)36-16-5-2-6-17-36/h1-34H. The van der Waals surface area contributed by atoms with Crippen LogP contribution < -0.4 is 4.90 Å². The number of anilines is 3. The van der Waals surface area contributed by atoms with E-state index in [1.807, 2.05) is 0 Å². The molecule has 8 aromatic carbocycles. The van der Waals surface area contributed by atoms with Crippen molar-refractivity contribution in [2.24, 2.45) is 0 Å². The van der Waals surface area contributed by atoms with Gasteiger partial charge in [0.15, 0.2) is 0 Å². The quantitative estimate of drug-likeness (QED) is 0.159. The molecule has 2 heteroatoms. The van der Waals surface area contributed by atoms with Crippen molar-refractivity contribution in [3.63, 3.8) is 0 Å². The zero-order valence-electron chi connectivity index (χ0n) is 28.0. The van der Waals surface area contributed by atoms with E-state index in [2.05, 4.69) is 227 Å². The second kappa shape index (κ2) is 13.1. The third-order valence-corrected chi connectivity index (χ3v) is 10.9. The average molecular weight is 717 g/mol. The Morgan fingerprint density at radius 1 is 0.333 bits per heavy atom. The molecule has 0 radical (unpaired) electrons. The lowest BCUT2D eigenvalue weighted by Crippen LogP contribution is -2.29. The summed E-state index contributed by atoms with van der Waals surface area (Å²) in [6.07, 6.45) is 0. The second-order valence-electron chi connectivity index (χ2n) is 13.0. The van der Waals surface area contributed by atoms with Crippen LogP contribution in [0.3, 0.4) is 0 Å². The van der Waals surface area contributed by atoms with Gasteiger partial charge in [0.2, 0.25) is 0 Å². The van der Waals surface area contributed by atoms with Crippen LogP contribution in [0, 0.1) is 0 Å². The molecule has 0 bridgehead atoms. The van der Waals surface area contributed by atoms with Gasteiger partial charge in [0.05, 0.1) is 5.41 Å². The van der Waals surface area contributed by atoms with Crippen LogP contribution in [0.2, 0.25) is 0 Å². The third-order valence-electron chi connectivity index (χ3n) is 10.2. The van der Waals surface area contributed by atoms with Gasteiger partial charge >= 0.3 is 0 Å². The molecule has 0 spiro atoms. The van der Waals surface area contributed by atoms with Crippen LogP contribution in [0.5, 0.6) is 0 Å². The molecule has 1 nitrogen and oxygen atoms in total. The van der Waals surface area contributed by atoms with Crippen molar-refractivity contribution in [3.05, 3.63) is 233 Å². The predicted molar refractivity (Wildman–Crippen MR) is 217 cm³/mol. The molecule has 0 saturated carbocycles. The summed E-state index contributed by atoms with van der Waals surface area (Å²) < 4.78 is 1.09. The van der Waals surface area contributed by atoms with E-state index in [1.54, 1.807) is 0 Å². The summed E-state index contributed by atoms with van der Waals surface area (Å²) >= 11 is 4.00. The lowest BCUT2D eigenvalue weighted by atomic mass is 9.67. The highest BCUT2D eigenvalue weighted by atomic mass is 79.9. The van der Waals surface area contributed by atoms with Gasteiger partial charge in [-0.15, -0.1) is 0 Å². The highest BCUT2D eigenvalue weighted by molar-refractivity contribution is 9.10. The molecule has 0 unspecified atom stereocenters. The minimum atomic E-state index is -0.525. The number of hydrogen-bond acceptors (Lipinski definition) is 1. The van der Waals surface area contributed by atoms with Crippen LogP contribution in [-0.4, -0.2) is 0 Å². The summed E-state index contributed by atoms with van der Waals surface area (Å²) in [7, 11) is 0. The lowest BCUT2D eigenvalue weighted by Gasteiger charge is -2.36. The number of fused-ring (bicyclic) bond motifs is 3. The molecule has 0 aromatic heterocycles. The maximum Gasteiger partial charge on any atom is 0.0725 e. The number of hydrogen-bond donors (Lipinski definition) is 0. The number of halogens is 1. The van der Waals surface area contributed by atoms with Crippen LogP contribution in [-0.2, 0) is 5.41 Å². The molecule has 0 atom stereocenters. The first-order valence-electron chi connectivity index (χ1n) is 17.4. The van der Waals surface area contributed by atoms with Crippen molar-refractivity contribution in [2.75, 3.05) is 4.90 Å². The Kier molecular flexibility index (Phi) is 7.95. The second-order valence-corrected chi connectivity index (χ2v) is 13.9. The lowest BCUT2D eigenvalue weighted by molar-refractivity contribution is 0.764. The van der Waals surface area contributed by atoms with Gasteiger partial charge in [-0.2, -0.15) is 0 Å². The van der Waals surface area contributed by atoms with Gasteiger partial charge in [-0.3, -0.25) is 0 Å². The van der Waals surface area contributed by atoms with Gasteiger partial charge in [0.1, 0.15) is 0 Å². The normalized spacial score (nSPS) is 12.6. The van der Waals surface area contributed by atoms with E-state index in [0.717, 1.165) is 21.5 Å². The van der Waals surface area contributed by atoms with E-state index in [0.29, 0.717) is 0 Å². The molecule has 0 saturated heterocycles. The van der Waals surface area contributed by atoms with Crippen molar-refractivity contribution >= 4 is 33.0 Å². The van der Waals surface area contributed by atoms with Crippen molar-refractivity contribution in [1.29, 1.82) is 0 Å². The summed E-state index contributed by atoms with van der Waals surface area (Å²) in [6, 6.07) is 74.7. The van der Waals surface area contributed by atoms with Gasteiger partial charge in [-0.05, 0) is 98.1 Å². The fourth-order valence-electron chi connectivity index (χ4n) is 7.95. The molecule has 1 aliphatic rings. The summed E-state index contributed by atoms with van der Waals surface area (Å²) in [5.41, 5.74) is 15.2. The van der Waals surface area contributed by atoms with E-state index in [9.17, 15) is 0 Å². The van der Waals surface area contributed by atoms with Crippen molar-refractivity contribution < 1.29 is 0 Å². The molecule has 0 aliphatic heterocycles. The Hall–Kier alpha value is -5.96. The highest BCUT2D eigenvalue weighted by Crippen LogP contribution is 2.57. The van der Waals surface area contributed by atoms with Crippen molar-refractivity contribution in [2.45, 2.75) is 5.41 Å². The predicted octanol–water partition coefficient (Wildman–Crippen LogP) is 13.6. The van der Waals surface area contributed by atoms with Gasteiger partial charge < -0.3 is 4.90 Å². The molecule has 242 valence electrons. The molecule has 1 aliphatic carbocycles. The number of benzene rings is 8.